The Hall–Kier alpha value is -1.86. The van der Waals surface area contributed by atoms with Gasteiger partial charge in [0.25, 0.3) is 0 Å². The zero-order valence-corrected chi connectivity index (χ0v) is 11.4. The van der Waals surface area contributed by atoms with Gasteiger partial charge in [-0.1, -0.05) is 6.08 Å². The van der Waals surface area contributed by atoms with Gasteiger partial charge in [0, 0.05) is 40.8 Å². The minimum atomic E-state index is 0.0378. The molecule has 0 amide bonds. The lowest BCUT2D eigenvalue weighted by atomic mass is 10.1. The normalized spacial score (nSPS) is 17.1. The van der Waals surface area contributed by atoms with Gasteiger partial charge in [0.1, 0.15) is 0 Å². The Morgan fingerprint density at radius 3 is 3.21 bits per heavy atom. The molecule has 0 spiro atoms. The first-order valence-corrected chi connectivity index (χ1v) is 7.33. The van der Waals surface area contributed by atoms with E-state index in [1.54, 1.807) is 11.8 Å². The van der Waals surface area contributed by atoms with Gasteiger partial charge in [-0.25, -0.2) is 0 Å². The number of thioether (sulfide) groups is 1. The molecule has 3 rings (SSSR count). The maximum atomic E-state index is 9.23. The maximum absolute atomic E-state index is 9.23. The summed E-state index contributed by atoms with van der Waals surface area (Å²) in [6.45, 7) is 4.71. The number of nitrogens with one attached hydrogen (secondary N) is 1. The van der Waals surface area contributed by atoms with E-state index in [2.05, 4.69) is 34.3 Å². The van der Waals surface area contributed by atoms with Gasteiger partial charge in [-0.15, -0.1) is 18.3 Å². The Morgan fingerprint density at radius 2 is 2.53 bits per heavy atom. The first kappa shape index (κ1) is 12.2. The van der Waals surface area contributed by atoms with Crippen molar-refractivity contribution in [3.63, 3.8) is 0 Å². The molecule has 0 saturated carbocycles. The van der Waals surface area contributed by atoms with E-state index >= 15 is 0 Å². The largest absolute Gasteiger partial charge is 0.367 e. The third-order valence-electron chi connectivity index (χ3n) is 3.48. The summed E-state index contributed by atoms with van der Waals surface area (Å²) in [4.78, 5) is 4.35. The van der Waals surface area contributed by atoms with E-state index in [4.69, 9.17) is 0 Å². The smallest absolute Gasteiger partial charge is 0.0882 e. The molecule has 1 aliphatic rings. The average Bonchev–Trinajstić information content (AvgIpc) is 3.11. The van der Waals surface area contributed by atoms with E-state index in [-0.39, 0.29) is 5.92 Å². The molecule has 96 valence electrons. The van der Waals surface area contributed by atoms with Crippen molar-refractivity contribution in [2.24, 2.45) is 0 Å². The predicted molar refractivity (Wildman–Crippen MR) is 78.1 cm³/mol. The lowest BCUT2D eigenvalue weighted by Crippen LogP contribution is -1.95. The van der Waals surface area contributed by atoms with Crippen LogP contribution in [0.15, 0.2) is 42.1 Å². The molecule has 0 bridgehead atoms. The summed E-state index contributed by atoms with van der Waals surface area (Å²) in [7, 11) is 0. The molecule has 0 saturated heterocycles. The van der Waals surface area contributed by atoms with Crippen molar-refractivity contribution in [3.05, 3.63) is 42.9 Å². The van der Waals surface area contributed by atoms with E-state index in [0.717, 1.165) is 24.4 Å². The number of fused-ring (bicyclic) bond motifs is 1. The second-order valence-corrected chi connectivity index (χ2v) is 5.67. The molecule has 1 atom stereocenters. The highest BCUT2D eigenvalue weighted by Gasteiger charge is 2.27. The summed E-state index contributed by atoms with van der Waals surface area (Å²) < 4.78 is 2.29. The Bertz CT molecular complexity index is 631. The van der Waals surface area contributed by atoms with Crippen LogP contribution in [0.25, 0.3) is 11.3 Å². The van der Waals surface area contributed by atoms with E-state index in [1.165, 1.54) is 16.2 Å². The van der Waals surface area contributed by atoms with E-state index in [0.29, 0.717) is 0 Å². The number of rotatable bonds is 4. The highest BCUT2D eigenvalue weighted by molar-refractivity contribution is 7.99. The molecule has 1 N–H and O–H groups in total. The number of hydrogen-bond donors (Lipinski definition) is 1. The van der Waals surface area contributed by atoms with E-state index in [9.17, 15) is 5.26 Å². The minimum Gasteiger partial charge on any atom is -0.367 e. The van der Waals surface area contributed by atoms with Crippen LogP contribution in [0.3, 0.4) is 0 Å². The van der Waals surface area contributed by atoms with Crippen molar-refractivity contribution in [1.82, 2.24) is 9.55 Å². The van der Waals surface area contributed by atoms with Crippen LogP contribution in [0.1, 0.15) is 18.0 Å². The molecule has 0 aliphatic carbocycles. The van der Waals surface area contributed by atoms with Crippen LogP contribution >= 0.6 is 11.8 Å². The predicted octanol–water partition coefficient (Wildman–Crippen LogP) is 3.77. The van der Waals surface area contributed by atoms with Crippen molar-refractivity contribution >= 4 is 11.8 Å². The first-order valence-electron chi connectivity index (χ1n) is 6.35. The van der Waals surface area contributed by atoms with Gasteiger partial charge in [0.15, 0.2) is 0 Å². The first-order chi connectivity index (χ1) is 9.35. The standard InChI is InChI=1S/C15H15N3S/c1-2-7-19-14-8-13-11(9-16)4-6-18(13)15(14)12-3-5-17-10-12/h2-3,5,8,10-11,17H,1,4,6-7H2. The lowest BCUT2D eigenvalue weighted by Gasteiger charge is -2.06. The molecule has 2 aromatic heterocycles. The molecule has 0 fully saturated rings. The van der Waals surface area contributed by atoms with Crippen molar-refractivity contribution < 1.29 is 0 Å². The molecular formula is C15H15N3S. The van der Waals surface area contributed by atoms with Crippen molar-refractivity contribution in [1.29, 1.82) is 5.26 Å². The number of nitrogens with zero attached hydrogens (tertiary/aromatic N) is 2. The van der Waals surface area contributed by atoms with Gasteiger partial charge in [-0.2, -0.15) is 5.26 Å². The van der Waals surface area contributed by atoms with Crippen molar-refractivity contribution in [3.8, 4) is 17.3 Å². The third-order valence-corrected chi connectivity index (χ3v) is 4.50. The zero-order valence-electron chi connectivity index (χ0n) is 10.6. The van der Waals surface area contributed by atoms with Crippen LogP contribution < -0.4 is 0 Å². The van der Waals surface area contributed by atoms with Crippen LogP contribution in [0.5, 0.6) is 0 Å². The fraction of sp³-hybridized carbons (Fsp3) is 0.267. The van der Waals surface area contributed by atoms with Gasteiger partial charge in [-0.3, -0.25) is 0 Å². The highest BCUT2D eigenvalue weighted by atomic mass is 32.2. The Balaban J connectivity index is 2.10. The molecule has 0 radical (unpaired) electrons. The van der Waals surface area contributed by atoms with Gasteiger partial charge >= 0.3 is 0 Å². The van der Waals surface area contributed by atoms with Crippen LogP contribution in [0.2, 0.25) is 0 Å². The van der Waals surface area contributed by atoms with Gasteiger partial charge in [0.05, 0.1) is 17.7 Å². The average molecular weight is 269 g/mol. The number of aromatic amines is 1. The fourth-order valence-corrected chi connectivity index (χ4v) is 3.50. The number of nitriles is 1. The summed E-state index contributed by atoms with van der Waals surface area (Å²) in [6, 6.07) is 6.67. The van der Waals surface area contributed by atoms with Crippen LogP contribution in [0, 0.1) is 11.3 Å². The Morgan fingerprint density at radius 1 is 1.63 bits per heavy atom. The topological polar surface area (TPSA) is 44.5 Å². The molecule has 19 heavy (non-hydrogen) atoms. The van der Waals surface area contributed by atoms with E-state index < -0.39 is 0 Å². The molecule has 4 heteroatoms. The Kier molecular flexibility index (Phi) is 3.22. The molecule has 1 unspecified atom stereocenters. The van der Waals surface area contributed by atoms with Crippen LogP contribution in [-0.2, 0) is 6.54 Å². The summed E-state index contributed by atoms with van der Waals surface area (Å²) in [6.07, 6.45) is 6.79. The molecule has 2 aromatic rings. The molecule has 3 nitrogen and oxygen atoms in total. The van der Waals surface area contributed by atoms with Gasteiger partial charge in [-0.05, 0) is 18.6 Å². The summed E-state index contributed by atoms with van der Waals surface area (Å²) in [5, 5.41) is 9.23. The maximum Gasteiger partial charge on any atom is 0.0882 e. The second-order valence-electron chi connectivity index (χ2n) is 4.60. The number of hydrogen-bond acceptors (Lipinski definition) is 2. The highest BCUT2D eigenvalue weighted by Crippen LogP contribution is 2.41. The van der Waals surface area contributed by atoms with Crippen molar-refractivity contribution in [2.75, 3.05) is 5.75 Å². The van der Waals surface area contributed by atoms with Crippen LogP contribution in [0.4, 0.5) is 0 Å². The van der Waals surface area contributed by atoms with Crippen LogP contribution in [-0.4, -0.2) is 15.3 Å². The van der Waals surface area contributed by atoms with Gasteiger partial charge in [0.2, 0.25) is 0 Å². The van der Waals surface area contributed by atoms with Crippen molar-refractivity contribution in [2.45, 2.75) is 23.8 Å². The molecule has 1 aliphatic heterocycles. The fourth-order valence-electron chi connectivity index (χ4n) is 2.64. The molecule has 3 heterocycles. The van der Waals surface area contributed by atoms with Gasteiger partial charge < -0.3 is 9.55 Å². The summed E-state index contributed by atoms with van der Waals surface area (Å²) >= 11 is 1.78. The zero-order chi connectivity index (χ0) is 13.2. The second kappa shape index (κ2) is 5.02. The quantitative estimate of drug-likeness (QED) is 0.678. The monoisotopic (exact) mass is 269 g/mol. The van der Waals surface area contributed by atoms with E-state index in [1.807, 2.05) is 18.5 Å². The summed E-state index contributed by atoms with van der Waals surface area (Å²) in [5.41, 5.74) is 3.59. The molecular weight excluding hydrogens is 254 g/mol. The number of H-pyrrole nitrogens is 1. The minimum absolute atomic E-state index is 0.0378. The summed E-state index contributed by atoms with van der Waals surface area (Å²) in [5.74, 6) is 0.925. The SMILES string of the molecule is C=CCSc1cc2n(c1-c1cc[nH]c1)CCC2C#N. The lowest BCUT2D eigenvalue weighted by molar-refractivity contribution is 0.734. The Labute approximate surface area is 116 Å². The number of aromatic nitrogens is 2. The molecule has 0 aromatic carbocycles. The third kappa shape index (κ3) is 2.00.